The Morgan fingerprint density at radius 3 is 2.65 bits per heavy atom. The van der Waals surface area contributed by atoms with Gasteiger partial charge in [0.25, 0.3) is 0 Å². The van der Waals surface area contributed by atoms with Crippen LogP contribution in [0.3, 0.4) is 0 Å². The fraction of sp³-hybridized carbons (Fsp3) is 0.429. The molecule has 6 heteroatoms. The Hall–Kier alpha value is -2.08. The molecule has 1 rings (SSSR count). The van der Waals surface area contributed by atoms with Crippen molar-refractivity contribution in [2.75, 3.05) is 26.8 Å². The van der Waals surface area contributed by atoms with Crippen LogP contribution < -0.4 is 10.1 Å². The summed E-state index contributed by atoms with van der Waals surface area (Å²) in [4.78, 5) is 24.9. The lowest BCUT2D eigenvalue weighted by molar-refractivity contribution is -0.146. The van der Waals surface area contributed by atoms with Gasteiger partial charge in [-0.2, -0.15) is 0 Å². The van der Waals surface area contributed by atoms with E-state index in [-0.39, 0.29) is 19.7 Å². The molecule has 0 saturated carbocycles. The van der Waals surface area contributed by atoms with E-state index in [0.717, 1.165) is 5.56 Å². The van der Waals surface area contributed by atoms with Crippen LogP contribution in [0, 0.1) is 0 Å². The molecule has 0 bridgehead atoms. The normalized spacial score (nSPS) is 9.95. The summed E-state index contributed by atoms with van der Waals surface area (Å²) in [5.74, 6) is -0.675. The summed E-state index contributed by atoms with van der Waals surface area (Å²) < 4.78 is 5.17. The maximum absolute atomic E-state index is 11.8. The minimum absolute atomic E-state index is 0.150. The Morgan fingerprint density at radius 1 is 1.35 bits per heavy atom. The second kappa shape index (κ2) is 8.16. The average molecular weight is 280 g/mol. The van der Waals surface area contributed by atoms with Crippen molar-refractivity contribution in [3.63, 3.8) is 0 Å². The lowest BCUT2D eigenvalue weighted by atomic mass is 10.2. The van der Waals surface area contributed by atoms with Crippen LogP contribution in [0.15, 0.2) is 24.3 Å². The van der Waals surface area contributed by atoms with Gasteiger partial charge >= 0.3 is 11.8 Å². The first-order valence-electron chi connectivity index (χ1n) is 6.43. The van der Waals surface area contributed by atoms with E-state index in [1.807, 2.05) is 18.2 Å². The van der Waals surface area contributed by atoms with E-state index in [9.17, 15) is 9.59 Å². The standard InChI is InChI=1S/C14H20N2O4/c1-3-16(8-9-17)14(19)13(18)15-10-11-6-4-5-7-12(11)20-2/h4-7,17H,3,8-10H2,1-2H3,(H,15,18). The summed E-state index contributed by atoms with van der Waals surface area (Å²) in [6.07, 6.45) is 0. The number of amides is 2. The number of hydrogen-bond donors (Lipinski definition) is 2. The Labute approximate surface area is 118 Å². The molecule has 0 aromatic heterocycles. The van der Waals surface area contributed by atoms with Gasteiger partial charge in [0, 0.05) is 25.2 Å². The topological polar surface area (TPSA) is 78.9 Å². The van der Waals surface area contributed by atoms with Crippen molar-refractivity contribution in [3.8, 4) is 5.75 Å². The van der Waals surface area contributed by atoms with Gasteiger partial charge in [0.1, 0.15) is 5.75 Å². The summed E-state index contributed by atoms with van der Waals surface area (Å²) in [5.41, 5.74) is 0.793. The number of aliphatic hydroxyl groups excluding tert-OH is 1. The molecule has 0 aliphatic rings. The number of rotatable bonds is 6. The van der Waals surface area contributed by atoms with E-state index >= 15 is 0 Å². The van der Waals surface area contributed by atoms with Crippen LogP contribution >= 0.6 is 0 Å². The number of carbonyl (C=O) groups is 2. The molecule has 0 aliphatic heterocycles. The number of aliphatic hydroxyl groups is 1. The summed E-state index contributed by atoms with van der Waals surface area (Å²) in [7, 11) is 1.55. The third kappa shape index (κ3) is 4.24. The summed E-state index contributed by atoms with van der Waals surface area (Å²) >= 11 is 0. The Kier molecular flexibility index (Phi) is 6.52. The maximum atomic E-state index is 11.8. The molecule has 0 aliphatic carbocycles. The molecular formula is C14H20N2O4. The number of methoxy groups -OCH3 is 1. The SMILES string of the molecule is CCN(CCO)C(=O)C(=O)NCc1ccccc1OC. The summed E-state index contributed by atoms with van der Waals surface area (Å²) in [5, 5.41) is 11.4. The van der Waals surface area contributed by atoms with Crippen molar-refractivity contribution in [3.05, 3.63) is 29.8 Å². The lowest BCUT2D eigenvalue weighted by Gasteiger charge is -2.19. The lowest BCUT2D eigenvalue weighted by Crippen LogP contribution is -2.43. The molecule has 20 heavy (non-hydrogen) atoms. The van der Waals surface area contributed by atoms with Gasteiger partial charge in [0.05, 0.1) is 13.7 Å². The van der Waals surface area contributed by atoms with E-state index in [1.54, 1.807) is 20.1 Å². The minimum atomic E-state index is -0.689. The molecule has 0 unspecified atom stereocenters. The van der Waals surface area contributed by atoms with Gasteiger partial charge in [0.2, 0.25) is 0 Å². The van der Waals surface area contributed by atoms with Crippen LogP contribution in [0.2, 0.25) is 0 Å². The van der Waals surface area contributed by atoms with Gasteiger partial charge in [0.15, 0.2) is 0 Å². The number of ether oxygens (including phenoxy) is 1. The van der Waals surface area contributed by atoms with Crippen molar-refractivity contribution in [2.24, 2.45) is 0 Å². The van der Waals surface area contributed by atoms with Gasteiger partial charge in [-0.3, -0.25) is 9.59 Å². The number of para-hydroxylation sites is 1. The fourth-order valence-electron chi connectivity index (χ4n) is 1.77. The second-order valence-electron chi connectivity index (χ2n) is 4.10. The molecule has 1 aromatic carbocycles. The fourth-order valence-corrected chi connectivity index (χ4v) is 1.77. The van der Waals surface area contributed by atoms with Crippen molar-refractivity contribution in [1.29, 1.82) is 0 Å². The molecule has 0 heterocycles. The van der Waals surface area contributed by atoms with Crippen LogP contribution in [0.1, 0.15) is 12.5 Å². The molecule has 6 nitrogen and oxygen atoms in total. The van der Waals surface area contributed by atoms with Gasteiger partial charge < -0.3 is 20.1 Å². The molecule has 1 aromatic rings. The Morgan fingerprint density at radius 2 is 2.05 bits per heavy atom. The molecule has 2 N–H and O–H groups in total. The minimum Gasteiger partial charge on any atom is -0.496 e. The van der Waals surface area contributed by atoms with Crippen LogP contribution in [-0.4, -0.2) is 48.6 Å². The molecule has 0 spiro atoms. The quantitative estimate of drug-likeness (QED) is 0.727. The molecule has 2 amide bonds. The van der Waals surface area contributed by atoms with Crippen LogP contribution in [0.25, 0.3) is 0 Å². The largest absolute Gasteiger partial charge is 0.496 e. The maximum Gasteiger partial charge on any atom is 0.311 e. The number of likely N-dealkylation sites (N-methyl/N-ethyl adjacent to an activating group) is 1. The molecule has 0 atom stereocenters. The zero-order valence-corrected chi connectivity index (χ0v) is 11.8. The number of nitrogens with one attached hydrogen (secondary N) is 1. The number of hydrogen-bond acceptors (Lipinski definition) is 4. The van der Waals surface area contributed by atoms with Crippen LogP contribution in [0.5, 0.6) is 5.75 Å². The van der Waals surface area contributed by atoms with E-state index in [0.29, 0.717) is 12.3 Å². The van der Waals surface area contributed by atoms with Gasteiger partial charge in [-0.05, 0) is 13.0 Å². The van der Waals surface area contributed by atoms with E-state index in [1.165, 1.54) is 4.90 Å². The van der Waals surface area contributed by atoms with Crippen LogP contribution in [0.4, 0.5) is 0 Å². The third-order valence-corrected chi connectivity index (χ3v) is 2.87. The van der Waals surface area contributed by atoms with E-state index in [4.69, 9.17) is 9.84 Å². The second-order valence-corrected chi connectivity index (χ2v) is 4.10. The zero-order chi connectivity index (χ0) is 15.0. The summed E-state index contributed by atoms with van der Waals surface area (Å²) in [6, 6.07) is 7.26. The number of benzene rings is 1. The molecule has 0 radical (unpaired) electrons. The third-order valence-electron chi connectivity index (χ3n) is 2.87. The molecule has 0 fully saturated rings. The van der Waals surface area contributed by atoms with E-state index in [2.05, 4.69) is 5.32 Å². The Bertz CT molecular complexity index is 462. The predicted octanol–water partition coefficient (Wildman–Crippen LogP) is 0.152. The highest BCUT2D eigenvalue weighted by Gasteiger charge is 2.19. The molecule has 0 saturated heterocycles. The first kappa shape index (κ1) is 16.0. The smallest absolute Gasteiger partial charge is 0.311 e. The first-order valence-corrected chi connectivity index (χ1v) is 6.43. The van der Waals surface area contributed by atoms with Gasteiger partial charge in [-0.15, -0.1) is 0 Å². The van der Waals surface area contributed by atoms with Crippen molar-refractivity contribution < 1.29 is 19.4 Å². The van der Waals surface area contributed by atoms with Crippen molar-refractivity contribution >= 4 is 11.8 Å². The van der Waals surface area contributed by atoms with E-state index < -0.39 is 11.8 Å². The monoisotopic (exact) mass is 280 g/mol. The summed E-state index contributed by atoms with van der Waals surface area (Å²) in [6.45, 7) is 2.32. The van der Waals surface area contributed by atoms with Gasteiger partial charge in [-0.1, -0.05) is 18.2 Å². The molecular weight excluding hydrogens is 260 g/mol. The number of nitrogens with zero attached hydrogens (tertiary/aromatic N) is 1. The van der Waals surface area contributed by atoms with Gasteiger partial charge in [-0.25, -0.2) is 0 Å². The predicted molar refractivity (Wildman–Crippen MR) is 74.2 cm³/mol. The van der Waals surface area contributed by atoms with Crippen molar-refractivity contribution in [1.82, 2.24) is 10.2 Å². The highest BCUT2D eigenvalue weighted by molar-refractivity contribution is 6.34. The Balaban J connectivity index is 2.60. The van der Waals surface area contributed by atoms with Crippen LogP contribution in [-0.2, 0) is 16.1 Å². The van der Waals surface area contributed by atoms with Crippen molar-refractivity contribution in [2.45, 2.75) is 13.5 Å². The average Bonchev–Trinajstić information content (AvgIpc) is 2.49. The number of carbonyl (C=O) groups excluding carboxylic acids is 2. The molecule has 110 valence electrons. The highest BCUT2D eigenvalue weighted by atomic mass is 16.5. The zero-order valence-electron chi connectivity index (χ0n) is 11.8. The first-order chi connectivity index (χ1) is 9.63. The highest BCUT2D eigenvalue weighted by Crippen LogP contribution is 2.16.